The maximum atomic E-state index is 3.30. The van der Waals surface area contributed by atoms with Crippen molar-refractivity contribution >= 4 is 3.81 Å². The average Bonchev–Trinajstić information content (AvgIpc) is 3.32. The van der Waals surface area contributed by atoms with Gasteiger partial charge in [0, 0.05) is 0 Å². The Morgan fingerprint density at radius 3 is 2.04 bits per heavy atom. The molecule has 1 aliphatic carbocycles. The second-order valence-corrected chi connectivity index (χ2v) is 8.02. The van der Waals surface area contributed by atoms with Gasteiger partial charge >= 0.3 is 63.3 Å². The first-order valence-corrected chi connectivity index (χ1v) is 10.1. The van der Waals surface area contributed by atoms with E-state index in [1.54, 1.807) is 3.81 Å². The third-order valence-electron chi connectivity index (χ3n) is 4.42. The molecule has 0 heterocycles. The molecule has 0 radical (unpaired) electrons. The van der Waals surface area contributed by atoms with E-state index >= 15 is 0 Å². The Morgan fingerprint density at radius 1 is 0.885 bits per heavy atom. The van der Waals surface area contributed by atoms with E-state index in [0.717, 1.165) is 18.3 Å². The van der Waals surface area contributed by atoms with Crippen LogP contribution in [-0.2, 0) is 26.4 Å². The van der Waals surface area contributed by atoms with Gasteiger partial charge in [0.2, 0.25) is 0 Å². The van der Waals surface area contributed by atoms with Crippen molar-refractivity contribution in [1.82, 2.24) is 0 Å². The van der Waals surface area contributed by atoms with E-state index in [9.17, 15) is 0 Å². The van der Waals surface area contributed by atoms with E-state index in [2.05, 4.69) is 90.1 Å². The second kappa shape index (κ2) is 10.5. The van der Waals surface area contributed by atoms with Gasteiger partial charge in [-0.3, -0.25) is 0 Å². The molecule has 4 rings (SSSR count). The standard InChI is InChI=1S/C13H9.C7H14.C5H5.Ti/c1-3-7-12-10(5-1)9-11-6-2-4-8-13(11)12;1-6(2)5-7(3)4;1-2-4-5-3-1;/h1-5,7-8H,9H2;6-7H,1-4H3;1-5H;/q-1;;-1;+2. The number of hydrogen-bond acceptors (Lipinski definition) is 0. The fourth-order valence-electron chi connectivity index (χ4n) is 2.99. The quantitative estimate of drug-likeness (QED) is 0.277. The van der Waals surface area contributed by atoms with Crippen molar-refractivity contribution in [3.63, 3.8) is 0 Å². The van der Waals surface area contributed by atoms with E-state index in [1.165, 1.54) is 22.3 Å². The van der Waals surface area contributed by atoms with Crippen molar-refractivity contribution in [2.45, 2.75) is 34.1 Å². The van der Waals surface area contributed by atoms with Crippen LogP contribution in [0.15, 0.2) is 72.8 Å². The molecule has 0 saturated heterocycles. The molecule has 0 spiro atoms. The Kier molecular flexibility index (Phi) is 8.36. The topological polar surface area (TPSA) is 0 Å². The van der Waals surface area contributed by atoms with Gasteiger partial charge in [-0.1, -0.05) is 35.4 Å². The zero-order chi connectivity index (χ0) is 18.9. The minimum Gasteiger partial charge on any atom is -0.214 e. The van der Waals surface area contributed by atoms with Crippen molar-refractivity contribution in [3.05, 3.63) is 90.0 Å². The van der Waals surface area contributed by atoms with Gasteiger partial charge in [0.1, 0.15) is 0 Å². The van der Waals surface area contributed by atoms with Crippen molar-refractivity contribution in [1.29, 1.82) is 0 Å². The molecule has 0 amide bonds. The summed E-state index contributed by atoms with van der Waals surface area (Å²) in [6.07, 6.45) is 1.05. The molecular weight excluding hydrogens is 348 g/mol. The molecule has 0 N–H and O–H groups in total. The molecule has 0 atom stereocenters. The van der Waals surface area contributed by atoms with Gasteiger partial charge in [0.25, 0.3) is 0 Å². The molecule has 3 aromatic carbocycles. The van der Waals surface area contributed by atoms with Crippen molar-refractivity contribution in [2.75, 3.05) is 0 Å². The molecule has 0 aromatic heterocycles. The van der Waals surface area contributed by atoms with Crippen molar-refractivity contribution in [3.8, 4) is 11.1 Å². The van der Waals surface area contributed by atoms with Gasteiger partial charge in [-0.15, -0.1) is 5.56 Å². The summed E-state index contributed by atoms with van der Waals surface area (Å²) in [6, 6.07) is 28.1. The first-order chi connectivity index (χ1) is 12.5. The van der Waals surface area contributed by atoms with Crippen LogP contribution >= 0.6 is 0 Å². The van der Waals surface area contributed by atoms with E-state index in [-0.39, 0.29) is 0 Å². The van der Waals surface area contributed by atoms with E-state index in [0.29, 0.717) is 0 Å². The predicted molar refractivity (Wildman–Crippen MR) is 110 cm³/mol. The SMILES string of the molecule is CC(C)[C](=[Ti+2])C(C)C.[c-]1cccc2c1Cc1ccccc1-2.c1cc[cH-]c1. The Morgan fingerprint density at radius 2 is 1.50 bits per heavy atom. The van der Waals surface area contributed by atoms with Gasteiger partial charge in [-0.2, -0.15) is 48.0 Å². The molecule has 3 aromatic rings. The van der Waals surface area contributed by atoms with Gasteiger partial charge in [0.05, 0.1) is 0 Å². The van der Waals surface area contributed by atoms with Crippen LogP contribution in [0.3, 0.4) is 0 Å². The molecule has 1 aliphatic rings. The summed E-state index contributed by atoms with van der Waals surface area (Å²) >= 11 is 2.23. The van der Waals surface area contributed by atoms with Crippen LogP contribution in [-0.4, -0.2) is 3.81 Å². The van der Waals surface area contributed by atoms with Crippen molar-refractivity contribution in [2.24, 2.45) is 11.8 Å². The monoisotopic (exact) mass is 376 g/mol. The summed E-state index contributed by atoms with van der Waals surface area (Å²) < 4.78 is 1.60. The van der Waals surface area contributed by atoms with Crippen LogP contribution < -0.4 is 0 Å². The Bertz CT molecular complexity index is 724. The summed E-state index contributed by atoms with van der Waals surface area (Å²) in [4.78, 5) is 0. The summed E-state index contributed by atoms with van der Waals surface area (Å²) in [6.45, 7) is 8.98. The zero-order valence-corrected chi connectivity index (χ0v) is 17.9. The maximum absolute atomic E-state index is 3.30. The largest absolute Gasteiger partial charge is 0.214 e. The van der Waals surface area contributed by atoms with Crippen LogP contribution in [0.5, 0.6) is 0 Å². The molecule has 0 fully saturated rings. The van der Waals surface area contributed by atoms with Crippen LogP contribution in [0.25, 0.3) is 11.1 Å². The van der Waals surface area contributed by atoms with Gasteiger partial charge in [0.15, 0.2) is 0 Å². The molecule has 0 bridgehead atoms. The Balaban J connectivity index is 0.000000160. The van der Waals surface area contributed by atoms with Gasteiger partial charge < -0.3 is 0 Å². The molecule has 0 saturated carbocycles. The van der Waals surface area contributed by atoms with Crippen molar-refractivity contribution < 1.29 is 20.0 Å². The zero-order valence-electron chi connectivity index (χ0n) is 16.3. The molecule has 132 valence electrons. The maximum Gasteiger partial charge on any atom is -0.0253 e. The fraction of sp³-hybridized carbons (Fsp3) is 0.280. The molecule has 26 heavy (non-hydrogen) atoms. The molecule has 0 aliphatic heterocycles. The third kappa shape index (κ3) is 5.97. The van der Waals surface area contributed by atoms with E-state index in [4.69, 9.17) is 0 Å². The molecule has 0 unspecified atom stereocenters. The van der Waals surface area contributed by atoms with Crippen LogP contribution in [0.1, 0.15) is 38.8 Å². The first kappa shape index (κ1) is 20.7. The van der Waals surface area contributed by atoms with Crippen LogP contribution in [0, 0.1) is 17.9 Å². The molecule has 1 heteroatoms. The number of rotatable bonds is 2. The fourth-order valence-corrected chi connectivity index (χ4v) is 2.99. The Hall–Kier alpha value is -1.63. The summed E-state index contributed by atoms with van der Waals surface area (Å²) in [5, 5.41) is 0. The normalized spacial score (nSPS) is 11.1. The number of benzene rings is 2. The first-order valence-electron chi connectivity index (χ1n) is 9.33. The number of hydrogen-bond donors (Lipinski definition) is 0. The summed E-state index contributed by atoms with van der Waals surface area (Å²) in [5.74, 6) is 1.52. The third-order valence-corrected chi connectivity index (χ3v) is 6.22. The smallest absolute Gasteiger partial charge is 0.0253 e. The molecule has 0 nitrogen and oxygen atoms in total. The predicted octanol–water partition coefficient (Wildman–Crippen LogP) is 6.48. The second-order valence-electron chi connectivity index (χ2n) is 7.12. The van der Waals surface area contributed by atoms with Crippen LogP contribution in [0.2, 0.25) is 0 Å². The Labute approximate surface area is 170 Å². The van der Waals surface area contributed by atoms with E-state index < -0.39 is 0 Å². The van der Waals surface area contributed by atoms with Gasteiger partial charge in [-0.25, -0.2) is 12.1 Å². The average molecular weight is 376 g/mol. The van der Waals surface area contributed by atoms with Gasteiger partial charge in [-0.05, 0) is 6.42 Å². The number of fused-ring (bicyclic) bond motifs is 3. The molecular formula is C25H28Ti. The van der Waals surface area contributed by atoms with E-state index in [1.807, 2.05) is 36.4 Å². The minimum atomic E-state index is 0.759. The minimum absolute atomic E-state index is 0.759. The van der Waals surface area contributed by atoms with Crippen LogP contribution in [0.4, 0.5) is 0 Å². The summed E-state index contributed by atoms with van der Waals surface area (Å²) in [7, 11) is 0. The summed E-state index contributed by atoms with van der Waals surface area (Å²) in [5.41, 5.74) is 5.51.